The molecule has 10 heteroatoms. The molecule has 0 bridgehead atoms. The SMILES string of the molecule is Cc1nc(NC(=O)Cn2c(C(F)(F)F)nc3ccccc32)sc1-c1ccccn1. The Morgan fingerprint density at radius 1 is 1.14 bits per heavy atom. The summed E-state index contributed by atoms with van der Waals surface area (Å²) in [6, 6.07) is 11.6. The second-order valence-corrected chi connectivity index (χ2v) is 7.20. The van der Waals surface area contributed by atoms with E-state index in [1.165, 1.54) is 23.5 Å². The molecule has 6 nitrogen and oxygen atoms in total. The van der Waals surface area contributed by atoms with Crippen LogP contribution in [0, 0.1) is 6.92 Å². The summed E-state index contributed by atoms with van der Waals surface area (Å²) in [4.78, 5) is 25.5. The quantitative estimate of drug-likeness (QED) is 0.530. The van der Waals surface area contributed by atoms with Gasteiger partial charge >= 0.3 is 6.18 Å². The van der Waals surface area contributed by atoms with Gasteiger partial charge in [0, 0.05) is 6.20 Å². The molecule has 148 valence electrons. The molecule has 0 aliphatic heterocycles. The number of nitrogens with one attached hydrogen (secondary N) is 1. The molecule has 0 radical (unpaired) electrons. The van der Waals surface area contributed by atoms with Crippen molar-refractivity contribution in [3.8, 4) is 10.6 Å². The second-order valence-electron chi connectivity index (χ2n) is 6.20. The fourth-order valence-corrected chi connectivity index (χ4v) is 3.90. The molecule has 0 aliphatic carbocycles. The first-order valence-electron chi connectivity index (χ1n) is 8.54. The zero-order valence-corrected chi connectivity index (χ0v) is 15.9. The summed E-state index contributed by atoms with van der Waals surface area (Å²) in [6.07, 6.45) is -3.03. The largest absolute Gasteiger partial charge is 0.449 e. The van der Waals surface area contributed by atoms with Crippen LogP contribution in [0.3, 0.4) is 0 Å². The number of thiazole rings is 1. The fourth-order valence-electron chi connectivity index (χ4n) is 2.94. The minimum absolute atomic E-state index is 0.176. The number of halogens is 3. The van der Waals surface area contributed by atoms with E-state index in [1.54, 1.807) is 31.3 Å². The molecule has 3 aromatic heterocycles. The molecule has 4 aromatic rings. The van der Waals surface area contributed by atoms with E-state index in [4.69, 9.17) is 0 Å². The number of anilines is 1. The lowest BCUT2D eigenvalue weighted by molar-refractivity contribution is -0.147. The molecule has 0 saturated carbocycles. The summed E-state index contributed by atoms with van der Waals surface area (Å²) in [5.41, 5.74) is 1.80. The van der Waals surface area contributed by atoms with Crippen LogP contribution in [0.15, 0.2) is 48.7 Å². The van der Waals surface area contributed by atoms with E-state index in [0.717, 1.165) is 9.44 Å². The van der Waals surface area contributed by atoms with Gasteiger partial charge in [0.25, 0.3) is 0 Å². The summed E-state index contributed by atoms with van der Waals surface area (Å²) in [5.74, 6) is -1.74. The molecule has 3 heterocycles. The number of nitrogens with zero attached hydrogens (tertiary/aromatic N) is 4. The molecule has 0 atom stereocenters. The van der Waals surface area contributed by atoms with Crippen LogP contribution in [0.5, 0.6) is 0 Å². The number of benzene rings is 1. The van der Waals surface area contributed by atoms with Crippen molar-refractivity contribution in [2.75, 3.05) is 5.32 Å². The molecule has 4 rings (SSSR count). The van der Waals surface area contributed by atoms with Crippen LogP contribution in [-0.4, -0.2) is 25.4 Å². The van der Waals surface area contributed by atoms with Gasteiger partial charge in [0.05, 0.1) is 27.3 Å². The van der Waals surface area contributed by atoms with Crippen molar-refractivity contribution >= 4 is 33.4 Å². The van der Waals surface area contributed by atoms with Crippen molar-refractivity contribution in [3.63, 3.8) is 0 Å². The number of alkyl halides is 3. The Hall–Kier alpha value is -3.27. The number of imidazole rings is 1. The number of carbonyl (C=O) groups excluding carboxylic acids is 1. The second kappa shape index (κ2) is 7.28. The lowest BCUT2D eigenvalue weighted by Crippen LogP contribution is -2.23. The van der Waals surface area contributed by atoms with Crippen molar-refractivity contribution in [1.29, 1.82) is 0 Å². The maximum absolute atomic E-state index is 13.4. The number of aromatic nitrogens is 4. The summed E-state index contributed by atoms with van der Waals surface area (Å²) in [6.45, 7) is 1.24. The highest BCUT2D eigenvalue weighted by Crippen LogP contribution is 2.33. The molecule has 29 heavy (non-hydrogen) atoms. The Labute approximate surface area is 167 Å². The van der Waals surface area contributed by atoms with Crippen LogP contribution in [0.4, 0.5) is 18.3 Å². The third-order valence-electron chi connectivity index (χ3n) is 4.15. The Bertz CT molecular complexity index is 1180. The first kappa shape index (κ1) is 19.1. The number of aryl methyl sites for hydroxylation is 1. The van der Waals surface area contributed by atoms with Gasteiger partial charge in [0.15, 0.2) is 5.13 Å². The van der Waals surface area contributed by atoms with E-state index < -0.39 is 24.5 Å². The topological polar surface area (TPSA) is 72.7 Å². The molecular formula is C19H14F3N5OS. The van der Waals surface area contributed by atoms with Gasteiger partial charge in [-0.25, -0.2) is 9.97 Å². The zero-order chi connectivity index (χ0) is 20.6. The number of rotatable bonds is 4. The Morgan fingerprint density at radius 3 is 2.62 bits per heavy atom. The van der Waals surface area contributed by atoms with Crippen molar-refractivity contribution in [2.45, 2.75) is 19.6 Å². The Morgan fingerprint density at radius 2 is 1.90 bits per heavy atom. The smallest absolute Gasteiger partial charge is 0.311 e. The van der Waals surface area contributed by atoms with Gasteiger partial charge in [-0.1, -0.05) is 29.5 Å². The van der Waals surface area contributed by atoms with E-state index in [1.807, 2.05) is 12.1 Å². The minimum atomic E-state index is -4.68. The number of hydrogen-bond donors (Lipinski definition) is 1. The Balaban J connectivity index is 1.60. The van der Waals surface area contributed by atoms with E-state index in [-0.39, 0.29) is 11.0 Å². The third kappa shape index (κ3) is 3.83. The van der Waals surface area contributed by atoms with Gasteiger partial charge < -0.3 is 9.88 Å². The predicted octanol–water partition coefficient (Wildman–Crippen LogP) is 4.52. The van der Waals surface area contributed by atoms with Crippen LogP contribution in [-0.2, 0) is 17.5 Å². The molecule has 0 aliphatic rings. The number of carbonyl (C=O) groups is 1. The normalized spacial score (nSPS) is 11.7. The summed E-state index contributed by atoms with van der Waals surface area (Å²) >= 11 is 1.21. The van der Waals surface area contributed by atoms with Crippen LogP contribution in [0.1, 0.15) is 11.5 Å². The van der Waals surface area contributed by atoms with Crippen molar-refractivity contribution < 1.29 is 18.0 Å². The Kier molecular flexibility index (Phi) is 4.79. The van der Waals surface area contributed by atoms with Gasteiger partial charge in [-0.05, 0) is 31.2 Å². The summed E-state index contributed by atoms with van der Waals surface area (Å²) in [7, 11) is 0. The van der Waals surface area contributed by atoms with Crippen LogP contribution in [0.2, 0.25) is 0 Å². The molecule has 0 saturated heterocycles. The fraction of sp³-hybridized carbons (Fsp3) is 0.158. The minimum Gasteiger partial charge on any atom is -0.311 e. The van der Waals surface area contributed by atoms with Crippen LogP contribution < -0.4 is 5.32 Å². The van der Waals surface area contributed by atoms with Gasteiger partial charge in [0.1, 0.15) is 6.54 Å². The van der Waals surface area contributed by atoms with Crippen molar-refractivity contribution in [3.05, 3.63) is 60.2 Å². The van der Waals surface area contributed by atoms with E-state index in [0.29, 0.717) is 16.5 Å². The molecular weight excluding hydrogens is 403 g/mol. The monoisotopic (exact) mass is 417 g/mol. The van der Waals surface area contributed by atoms with Gasteiger partial charge in [-0.3, -0.25) is 9.78 Å². The third-order valence-corrected chi connectivity index (χ3v) is 5.25. The van der Waals surface area contributed by atoms with E-state index >= 15 is 0 Å². The molecule has 0 spiro atoms. The molecule has 0 unspecified atom stereocenters. The molecule has 1 amide bonds. The lowest BCUT2D eigenvalue weighted by Gasteiger charge is -2.10. The first-order valence-corrected chi connectivity index (χ1v) is 9.36. The van der Waals surface area contributed by atoms with Gasteiger partial charge in [-0.15, -0.1) is 0 Å². The average molecular weight is 417 g/mol. The maximum atomic E-state index is 13.4. The van der Waals surface area contributed by atoms with E-state index in [9.17, 15) is 18.0 Å². The molecule has 1 N–H and O–H groups in total. The highest BCUT2D eigenvalue weighted by atomic mass is 32.1. The molecule has 1 aromatic carbocycles. The highest BCUT2D eigenvalue weighted by molar-refractivity contribution is 7.19. The predicted molar refractivity (Wildman–Crippen MR) is 103 cm³/mol. The number of para-hydroxylation sites is 2. The number of hydrogen-bond acceptors (Lipinski definition) is 5. The number of pyridine rings is 1. The molecule has 0 fully saturated rings. The van der Waals surface area contributed by atoms with Crippen LogP contribution >= 0.6 is 11.3 Å². The maximum Gasteiger partial charge on any atom is 0.449 e. The van der Waals surface area contributed by atoms with E-state index in [2.05, 4.69) is 20.3 Å². The zero-order valence-electron chi connectivity index (χ0n) is 15.1. The lowest BCUT2D eigenvalue weighted by atomic mass is 10.3. The number of fused-ring (bicyclic) bond motifs is 1. The number of amides is 1. The standard InChI is InChI=1S/C19H14F3N5OS/c1-11-16(13-7-4-5-9-23-13)29-18(24-11)26-15(28)10-27-14-8-3-2-6-12(14)25-17(27)19(20,21)22/h2-9H,10H2,1H3,(H,24,26,28). The average Bonchev–Trinajstić information content (AvgIpc) is 3.23. The van der Waals surface area contributed by atoms with Crippen molar-refractivity contribution in [2.24, 2.45) is 0 Å². The summed E-state index contributed by atoms with van der Waals surface area (Å²) in [5, 5.41) is 2.88. The highest BCUT2D eigenvalue weighted by Gasteiger charge is 2.38. The van der Waals surface area contributed by atoms with Gasteiger partial charge in [0.2, 0.25) is 11.7 Å². The first-order chi connectivity index (χ1) is 13.8. The summed E-state index contributed by atoms with van der Waals surface area (Å²) < 4.78 is 41.0. The van der Waals surface area contributed by atoms with Crippen LogP contribution in [0.25, 0.3) is 21.6 Å². The van der Waals surface area contributed by atoms with Gasteiger partial charge in [-0.2, -0.15) is 13.2 Å². The van der Waals surface area contributed by atoms with Crippen molar-refractivity contribution in [1.82, 2.24) is 19.5 Å².